The van der Waals surface area contributed by atoms with Crippen molar-refractivity contribution in [3.8, 4) is 22.6 Å². The topological polar surface area (TPSA) is 55.8 Å². The molecule has 0 amide bonds. The maximum atomic E-state index is 11.1. The Balaban J connectivity index is 2.33. The van der Waals surface area contributed by atoms with Crippen molar-refractivity contribution in [3.05, 3.63) is 48.0 Å². The van der Waals surface area contributed by atoms with E-state index >= 15 is 0 Å². The normalized spacial score (nSPS) is 10.1. The monoisotopic (exact) mass is 272 g/mol. The van der Waals surface area contributed by atoms with Gasteiger partial charge in [-0.25, -0.2) is 4.79 Å². The highest BCUT2D eigenvalue weighted by Gasteiger charge is 2.11. The molecule has 0 heterocycles. The van der Waals surface area contributed by atoms with Gasteiger partial charge in [0, 0.05) is 5.56 Å². The minimum Gasteiger partial charge on any atom is -0.507 e. The fourth-order valence-electron chi connectivity index (χ4n) is 1.96. The van der Waals surface area contributed by atoms with Crippen LogP contribution in [-0.2, 0) is 9.53 Å². The van der Waals surface area contributed by atoms with Gasteiger partial charge in [0.15, 0.2) is 6.61 Å². The first-order valence-electron chi connectivity index (χ1n) is 6.21. The minimum atomic E-state index is -0.433. The number of esters is 1. The van der Waals surface area contributed by atoms with Crippen LogP contribution >= 0.6 is 0 Å². The Morgan fingerprint density at radius 2 is 1.80 bits per heavy atom. The van der Waals surface area contributed by atoms with Gasteiger partial charge in [0.25, 0.3) is 0 Å². The Hall–Kier alpha value is -2.49. The summed E-state index contributed by atoms with van der Waals surface area (Å²) in [6.45, 7) is 1.75. The summed E-state index contributed by atoms with van der Waals surface area (Å²) in [5.41, 5.74) is 2.46. The van der Waals surface area contributed by atoms with Gasteiger partial charge in [0.1, 0.15) is 11.5 Å². The van der Waals surface area contributed by atoms with Gasteiger partial charge < -0.3 is 14.6 Å². The van der Waals surface area contributed by atoms with Crippen molar-refractivity contribution in [2.45, 2.75) is 6.92 Å². The number of aromatic hydroxyl groups is 1. The number of phenols is 1. The van der Waals surface area contributed by atoms with Crippen LogP contribution in [0.1, 0.15) is 5.56 Å². The number of methoxy groups -OCH3 is 1. The molecule has 1 N–H and O–H groups in total. The second kappa shape index (κ2) is 6.10. The van der Waals surface area contributed by atoms with Crippen molar-refractivity contribution in [3.63, 3.8) is 0 Å². The molecule has 0 saturated heterocycles. The van der Waals surface area contributed by atoms with Crippen LogP contribution in [0.15, 0.2) is 42.5 Å². The fourth-order valence-corrected chi connectivity index (χ4v) is 1.96. The summed E-state index contributed by atoms with van der Waals surface area (Å²) >= 11 is 0. The first-order valence-corrected chi connectivity index (χ1v) is 6.21. The third kappa shape index (κ3) is 2.91. The van der Waals surface area contributed by atoms with Crippen LogP contribution in [0.25, 0.3) is 11.1 Å². The van der Waals surface area contributed by atoms with E-state index in [2.05, 4.69) is 4.74 Å². The number of ether oxygens (including phenoxy) is 2. The van der Waals surface area contributed by atoms with E-state index in [4.69, 9.17) is 4.74 Å². The molecule has 2 aromatic carbocycles. The fraction of sp³-hybridized carbons (Fsp3) is 0.188. The van der Waals surface area contributed by atoms with E-state index in [9.17, 15) is 9.90 Å². The number of phenolic OH excluding ortho intramolecular Hbond substituents is 1. The van der Waals surface area contributed by atoms with Crippen molar-refractivity contribution in [1.29, 1.82) is 0 Å². The summed E-state index contributed by atoms with van der Waals surface area (Å²) in [4.78, 5) is 11.1. The molecule has 0 unspecified atom stereocenters. The van der Waals surface area contributed by atoms with E-state index in [-0.39, 0.29) is 12.4 Å². The smallest absolute Gasteiger partial charge is 0.343 e. The van der Waals surface area contributed by atoms with E-state index < -0.39 is 5.97 Å². The third-order valence-electron chi connectivity index (χ3n) is 3.05. The van der Waals surface area contributed by atoms with Gasteiger partial charge in [-0.2, -0.15) is 0 Å². The summed E-state index contributed by atoms with van der Waals surface area (Å²) in [5, 5.41) is 9.92. The molecule has 0 radical (unpaired) electrons. The molecule has 0 bridgehead atoms. The molecule has 0 aliphatic heterocycles. The highest BCUT2D eigenvalue weighted by Crippen LogP contribution is 2.34. The Bertz CT molecular complexity index is 620. The SMILES string of the molecule is COC(=O)COc1cccc(-c2ccccc2O)c1C. The van der Waals surface area contributed by atoms with E-state index in [1.807, 2.05) is 31.2 Å². The third-order valence-corrected chi connectivity index (χ3v) is 3.05. The van der Waals surface area contributed by atoms with Crippen LogP contribution in [0.3, 0.4) is 0 Å². The number of para-hydroxylation sites is 1. The summed E-state index contributed by atoms with van der Waals surface area (Å²) < 4.78 is 9.98. The molecule has 0 spiro atoms. The van der Waals surface area contributed by atoms with Crippen LogP contribution in [0.4, 0.5) is 0 Å². The van der Waals surface area contributed by atoms with Crippen molar-refractivity contribution >= 4 is 5.97 Å². The Morgan fingerprint density at radius 3 is 2.50 bits per heavy atom. The zero-order chi connectivity index (χ0) is 14.5. The maximum Gasteiger partial charge on any atom is 0.343 e. The molecule has 0 aliphatic carbocycles. The van der Waals surface area contributed by atoms with Gasteiger partial charge in [-0.3, -0.25) is 0 Å². The largest absolute Gasteiger partial charge is 0.507 e. The first-order chi connectivity index (χ1) is 9.63. The quantitative estimate of drug-likeness (QED) is 0.869. The van der Waals surface area contributed by atoms with Crippen LogP contribution in [-0.4, -0.2) is 24.8 Å². The molecular formula is C16H16O4. The average molecular weight is 272 g/mol. The molecule has 0 aliphatic rings. The molecule has 4 nitrogen and oxygen atoms in total. The predicted octanol–water partition coefficient (Wildman–Crippen LogP) is 2.92. The molecule has 0 fully saturated rings. The highest BCUT2D eigenvalue weighted by atomic mass is 16.6. The summed E-state index contributed by atoms with van der Waals surface area (Å²) in [6, 6.07) is 12.6. The zero-order valence-corrected chi connectivity index (χ0v) is 11.4. The maximum absolute atomic E-state index is 11.1. The van der Waals surface area contributed by atoms with E-state index in [0.717, 1.165) is 16.7 Å². The molecule has 0 aromatic heterocycles. The highest BCUT2D eigenvalue weighted by molar-refractivity contribution is 5.75. The lowest BCUT2D eigenvalue weighted by molar-refractivity contribution is -0.142. The standard InChI is InChI=1S/C16H16O4/c1-11-12(13-6-3-4-8-14(13)17)7-5-9-15(11)20-10-16(18)19-2/h3-9,17H,10H2,1-2H3. The van der Waals surface area contributed by atoms with E-state index in [1.54, 1.807) is 18.2 Å². The minimum absolute atomic E-state index is 0.137. The molecule has 0 atom stereocenters. The Kier molecular flexibility index (Phi) is 4.25. The molecule has 0 saturated carbocycles. The average Bonchev–Trinajstić information content (AvgIpc) is 2.47. The van der Waals surface area contributed by atoms with Crippen LogP contribution in [0.5, 0.6) is 11.5 Å². The molecular weight excluding hydrogens is 256 g/mol. The number of benzene rings is 2. The van der Waals surface area contributed by atoms with Crippen molar-refractivity contribution in [2.75, 3.05) is 13.7 Å². The second-order valence-corrected chi connectivity index (χ2v) is 4.31. The van der Waals surface area contributed by atoms with Crippen molar-refractivity contribution in [2.24, 2.45) is 0 Å². The van der Waals surface area contributed by atoms with Crippen LogP contribution in [0.2, 0.25) is 0 Å². The van der Waals surface area contributed by atoms with Gasteiger partial charge in [0.05, 0.1) is 7.11 Å². The molecule has 104 valence electrons. The number of rotatable bonds is 4. The molecule has 4 heteroatoms. The van der Waals surface area contributed by atoms with Gasteiger partial charge in [-0.05, 0) is 30.2 Å². The Morgan fingerprint density at radius 1 is 1.10 bits per heavy atom. The molecule has 2 aromatic rings. The van der Waals surface area contributed by atoms with Gasteiger partial charge in [0.2, 0.25) is 0 Å². The first kappa shape index (κ1) is 13.9. The van der Waals surface area contributed by atoms with E-state index in [0.29, 0.717) is 5.75 Å². The lowest BCUT2D eigenvalue weighted by atomic mass is 9.99. The zero-order valence-electron chi connectivity index (χ0n) is 11.4. The lowest BCUT2D eigenvalue weighted by Crippen LogP contribution is -2.13. The van der Waals surface area contributed by atoms with Gasteiger partial charge in [-0.1, -0.05) is 30.3 Å². The molecule has 2 rings (SSSR count). The molecule has 20 heavy (non-hydrogen) atoms. The van der Waals surface area contributed by atoms with Gasteiger partial charge >= 0.3 is 5.97 Å². The van der Waals surface area contributed by atoms with Crippen molar-refractivity contribution in [1.82, 2.24) is 0 Å². The van der Waals surface area contributed by atoms with E-state index in [1.165, 1.54) is 7.11 Å². The van der Waals surface area contributed by atoms with Crippen molar-refractivity contribution < 1.29 is 19.4 Å². The number of hydrogen-bond donors (Lipinski definition) is 1. The summed E-state index contributed by atoms with van der Waals surface area (Å²) in [6.07, 6.45) is 0. The van der Waals surface area contributed by atoms with Gasteiger partial charge in [-0.15, -0.1) is 0 Å². The number of carbonyl (C=O) groups excluding carboxylic acids is 1. The van der Waals surface area contributed by atoms with Crippen LogP contribution in [0, 0.1) is 6.92 Å². The summed E-state index contributed by atoms with van der Waals surface area (Å²) in [7, 11) is 1.32. The summed E-state index contributed by atoms with van der Waals surface area (Å²) in [5.74, 6) is 0.370. The predicted molar refractivity (Wildman–Crippen MR) is 75.8 cm³/mol. The lowest BCUT2D eigenvalue weighted by Gasteiger charge is -2.13. The van der Waals surface area contributed by atoms with Crippen LogP contribution < -0.4 is 4.74 Å². The Labute approximate surface area is 117 Å². The number of hydrogen-bond acceptors (Lipinski definition) is 4. The second-order valence-electron chi connectivity index (χ2n) is 4.31. The number of carbonyl (C=O) groups is 1.